The van der Waals surface area contributed by atoms with Crippen LogP contribution in [0.4, 0.5) is 0 Å². The van der Waals surface area contributed by atoms with E-state index in [9.17, 15) is 0 Å². The molecule has 0 unspecified atom stereocenters. The molecule has 6 nitrogen and oxygen atoms in total. The number of rotatable bonds is 5. The summed E-state index contributed by atoms with van der Waals surface area (Å²) in [6.45, 7) is 2.64. The zero-order chi connectivity index (χ0) is 15.2. The fraction of sp³-hybridized carbons (Fsp3) is 0.500. The van der Waals surface area contributed by atoms with Crippen LogP contribution in [0.25, 0.3) is 0 Å². The Morgan fingerprint density at radius 3 is 3.04 bits per heavy atom. The van der Waals surface area contributed by atoms with Crippen LogP contribution in [-0.4, -0.2) is 29.1 Å². The number of aryl methyl sites for hydroxylation is 2. The minimum absolute atomic E-state index is 0. The molecule has 1 aliphatic rings. The van der Waals surface area contributed by atoms with E-state index in [-0.39, 0.29) is 24.0 Å². The molecule has 0 fully saturated rings. The van der Waals surface area contributed by atoms with Crippen molar-refractivity contribution in [2.24, 2.45) is 4.99 Å². The van der Waals surface area contributed by atoms with Crippen molar-refractivity contribution in [1.29, 1.82) is 0 Å². The van der Waals surface area contributed by atoms with Crippen LogP contribution in [0.1, 0.15) is 29.9 Å². The van der Waals surface area contributed by atoms with E-state index in [1.54, 1.807) is 19.6 Å². The Labute approximate surface area is 153 Å². The number of aromatic nitrogens is 2. The second kappa shape index (κ2) is 8.95. The zero-order valence-corrected chi connectivity index (χ0v) is 15.7. The maximum atomic E-state index is 5.05. The quantitative estimate of drug-likeness (QED) is 0.435. The summed E-state index contributed by atoms with van der Waals surface area (Å²) in [6.07, 6.45) is 10.2. The van der Waals surface area contributed by atoms with Gasteiger partial charge in [0.1, 0.15) is 5.82 Å². The van der Waals surface area contributed by atoms with Crippen LogP contribution in [0.5, 0.6) is 0 Å². The predicted molar refractivity (Wildman–Crippen MR) is 101 cm³/mol. The molecule has 0 amide bonds. The molecule has 2 N–H and O–H groups in total. The van der Waals surface area contributed by atoms with Crippen molar-refractivity contribution in [3.05, 3.63) is 41.9 Å². The van der Waals surface area contributed by atoms with Crippen LogP contribution >= 0.6 is 24.0 Å². The lowest BCUT2D eigenvalue weighted by Crippen LogP contribution is -2.37. The van der Waals surface area contributed by atoms with Gasteiger partial charge in [0, 0.05) is 51.3 Å². The molecule has 23 heavy (non-hydrogen) atoms. The molecular weight excluding hydrogens is 405 g/mol. The second-order valence-corrected chi connectivity index (χ2v) is 5.53. The van der Waals surface area contributed by atoms with Gasteiger partial charge < -0.3 is 19.6 Å². The molecule has 2 aromatic rings. The number of fused-ring (bicyclic) bond motifs is 1. The van der Waals surface area contributed by atoms with E-state index in [4.69, 9.17) is 9.40 Å². The third-order valence-electron chi connectivity index (χ3n) is 3.90. The van der Waals surface area contributed by atoms with Crippen molar-refractivity contribution in [2.75, 3.05) is 13.6 Å². The van der Waals surface area contributed by atoms with Crippen molar-refractivity contribution in [3.63, 3.8) is 0 Å². The third-order valence-corrected chi connectivity index (χ3v) is 3.90. The minimum atomic E-state index is 0. The van der Waals surface area contributed by atoms with E-state index in [2.05, 4.69) is 26.4 Å². The number of aliphatic imine (C=N–C) groups is 1. The molecule has 2 aromatic heterocycles. The van der Waals surface area contributed by atoms with Gasteiger partial charge in [-0.05, 0) is 18.9 Å². The second-order valence-electron chi connectivity index (χ2n) is 5.53. The first-order chi connectivity index (χ1) is 10.8. The Bertz CT molecular complexity index is 597. The fourth-order valence-electron chi connectivity index (χ4n) is 2.70. The van der Waals surface area contributed by atoms with E-state index >= 15 is 0 Å². The molecule has 3 rings (SSSR count). The first-order valence-electron chi connectivity index (χ1n) is 7.85. The van der Waals surface area contributed by atoms with Crippen molar-refractivity contribution in [1.82, 2.24) is 20.2 Å². The molecule has 0 aliphatic carbocycles. The van der Waals surface area contributed by atoms with Gasteiger partial charge in [0.25, 0.3) is 0 Å². The number of hydrogen-bond acceptors (Lipinski definition) is 3. The first-order valence-corrected chi connectivity index (χ1v) is 7.85. The smallest absolute Gasteiger partial charge is 0.191 e. The highest BCUT2D eigenvalue weighted by Crippen LogP contribution is 2.14. The molecular formula is C16H24IN5O. The van der Waals surface area contributed by atoms with Crippen LogP contribution < -0.4 is 10.6 Å². The Morgan fingerprint density at radius 1 is 1.39 bits per heavy atom. The molecule has 0 aromatic carbocycles. The summed E-state index contributed by atoms with van der Waals surface area (Å²) >= 11 is 0. The van der Waals surface area contributed by atoms with E-state index in [1.165, 1.54) is 18.7 Å². The number of hydrogen-bond donors (Lipinski definition) is 2. The van der Waals surface area contributed by atoms with Gasteiger partial charge in [-0.1, -0.05) is 0 Å². The number of imidazole rings is 1. The molecule has 3 heterocycles. The maximum absolute atomic E-state index is 5.05. The van der Waals surface area contributed by atoms with Gasteiger partial charge in [0.15, 0.2) is 5.96 Å². The van der Waals surface area contributed by atoms with Gasteiger partial charge >= 0.3 is 0 Å². The van der Waals surface area contributed by atoms with Crippen LogP contribution in [0.2, 0.25) is 0 Å². The number of nitrogens with zero attached hydrogens (tertiary/aromatic N) is 3. The summed E-state index contributed by atoms with van der Waals surface area (Å²) in [4.78, 5) is 8.93. The molecule has 0 bridgehead atoms. The highest BCUT2D eigenvalue weighted by Gasteiger charge is 2.11. The number of halogens is 1. The van der Waals surface area contributed by atoms with Crippen LogP contribution in [-0.2, 0) is 25.9 Å². The zero-order valence-electron chi connectivity index (χ0n) is 13.4. The fourth-order valence-corrected chi connectivity index (χ4v) is 2.70. The lowest BCUT2D eigenvalue weighted by atomic mass is 10.2. The third kappa shape index (κ3) is 4.98. The Hall–Kier alpha value is -1.51. The molecule has 1 aliphatic heterocycles. The molecule has 126 valence electrons. The van der Waals surface area contributed by atoms with E-state index in [1.807, 2.05) is 6.07 Å². The SMILES string of the molecule is CN=C(NCCc1cn2c(n1)CCCC2)NCc1ccoc1.I. The van der Waals surface area contributed by atoms with Gasteiger partial charge in [-0.3, -0.25) is 4.99 Å². The van der Waals surface area contributed by atoms with E-state index in [0.717, 1.165) is 43.1 Å². The summed E-state index contributed by atoms with van der Waals surface area (Å²) < 4.78 is 7.34. The molecule has 0 spiro atoms. The van der Waals surface area contributed by atoms with Crippen molar-refractivity contribution < 1.29 is 4.42 Å². The Kier molecular flexibility index (Phi) is 6.94. The van der Waals surface area contributed by atoms with E-state index < -0.39 is 0 Å². The average molecular weight is 429 g/mol. The monoisotopic (exact) mass is 429 g/mol. The maximum Gasteiger partial charge on any atom is 0.191 e. The lowest BCUT2D eigenvalue weighted by molar-refractivity contribution is 0.522. The largest absolute Gasteiger partial charge is 0.472 e. The highest BCUT2D eigenvalue weighted by molar-refractivity contribution is 14.0. The topological polar surface area (TPSA) is 67.4 Å². The van der Waals surface area contributed by atoms with Crippen LogP contribution in [0.15, 0.2) is 34.2 Å². The summed E-state index contributed by atoms with van der Waals surface area (Å²) in [5.74, 6) is 2.04. The first kappa shape index (κ1) is 17.8. The van der Waals surface area contributed by atoms with Crippen molar-refractivity contribution in [3.8, 4) is 0 Å². The Balaban J connectivity index is 0.00000192. The van der Waals surface area contributed by atoms with Gasteiger partial charge in [-0.15, -0.1) is 24.0 Å². The van der Waals surface area contributed by atoms with Crippen molar-refractivity contribution in [2.45, 2.75) is 38.8 Å². The van der Waals surface area contributed by atoms with Crippen molar-refractivity contribution >= 4 is 29.9 Å². The standard InChI is InChI=1S/C16H23N5O.HI/c1-17-16(19-10-13-6-9-22-12-13)18-7-5-14-11-21-8-3-2-4-15(21)20-14;/h6,9,11-12H,2-5,7-8,10H2,1H3,(H2,17,18,19);1H. The summed E-state index contributed by atoms with van der Waals surface area (Å²) in [5, 5.41) is 6.58. The molecule has 7 heteroatoms. The average Bonchev–Trinajstić information content (AvgIpc) is 3.19. The highest BCUT2D eigenvalue weighted by atomic mass is 127. The number of furan rings is 1. The van der Waals surface area contributed by atoms with Gasteiger partial charge in [0.2, 0.25) is 0 Å². The van der Waals surface area contributed by atoms with Crippen LogP contribution in [0, 0.1) is 0 Å². The van der Waals surface area contributed by atoms with Gasteiger partial charge in [0.05, 0.1) is 18.2 Å². The Morgan fingerprint density at radius 2 is 2.30 bits per heavy atom. The van der Waals surface area contributed by atoms with Gasteiger partial charge in [-0.2, -0.15) is 0 Å². The summed E-state index contributed by atoms with van der Waals surface area (Å²) in [7, 11) is 1.78. The lowest BCUT2D eigenvalue weighted by Gasteiger charge is -2.11. The molecule has 0 saturated heterocycles. The molecule has 0 radical (unpaired) electrons. The molecule has 0 saturated carbocycles. The van der Waals surface area contributed by atoms with E-state index in [0.29, 0.717) is 6.54 Å². The summed E-state index contributed by atoms with van der Waals surface area (Å²) in [6, 6.07) is 1.94. The molecule has 0 atom stereocenters. The number of guanidine groups is 1. The predicted octanol–water partition coefficient (Wildman–Crippen LogP) is 2.34. The summed E-state index contributed by atoms with van der Waals surface area (Å²) in [5.41, 5.74) is 2.26. The minimum Gasteiger partial charge on any atom is -0.472 e. The normalized spacial score (nSPS) is 14.0. The van der Waals surface area contributed by atoms with Gasteiger partial charge in [-0.25, -0.2) is 4.98 Å². The number of nitrogens with one attached hydrogen (secondary N) is 2. The van der Waals surface area contributed by atoms with Crippen LogP contribution in [0.3, 0.4) is 0 Å².